The number of aromatic nitrogens is 1. The van der Waals surface area contributed by atoms with Crippen LogP contribution in [0.2, 0.25) is 0 Å². The molecule has 1 heterocycles. The number of carboxylic acids is 1. The molecular formula is C7H7NO4. The molecule has 0 saturated carbocycles. The first-order chi connectivity index (χ1) is 5.65. The first-order valence-electron chi connectivity index (χ1n) is 3.12. The van der Waals surface area contributed by atoms with E-state index in [1.54, 1.807) is 0 Å². The Labute approximate surface area is 68.2 Å². The van der Waals surface area contributed by atoms with Gasteiger partial charge in [-0.2, -0.15) is 0 Å². The molecule has 0 aliphatic heterocycles. The zero-order valence-corrected chi connectivity index (χ0v) is 6.31. The van der Waals surface area contributed by atoms with E-state index >= 15 is 0 Å². The lowest BCUT2D eigenvalue weighted by molar-refractivity contribution is 0.0685. The maximum absolute atomic E-state index is 10.5. The molecule has 0 fully saturated rings. The number of rotatable bonds is 2. The number of hydrogen-bond donors (Lipinski definition) is 2. The normalized spacial score (nSPS) is 9.42. The Morgan fingerprint density at radius 2 is 2.25 bits per heavy atom. The van der Waals surface area contributed by atoms with Crippen molar-refractivity contribution in [3.63, 3.8) is 0 Å². The molecule has 0 radical (unpaired) electrons. The number of pyridine rings is 1. The van der Waals surface area contributed by atoms with Crippen LogP contribution in [0, 0.1) is 0 Å². The van der Waals surface area contributed by atoms with Crippen molar-refractivity contribution < 1.29 is 19.7 Å². The molecule has 64 valence electrons. The third-order valence-electron chi connectivity index (χ3n) is 1.27. The molecule has 0 atom stereocenters. The number of methoxy groups -OCH3 is 1. The van der Waals surface area contributed by atoms with E-state index in [1.165, 1.54) is 19.2 Å². The molecule has 12 heavy (non-hydrogen) atoms. The van der Waals surface area contributed by atoms with Crippen molar-refractivity contribution in [2.75, 3.05) is 7.11 Å². The summed E-state index contributed by atoms with van der Waals surface area (Å²) in [5, 5.41) is 17.4. The average Bonchev–Trinajstić information content (AvgIpc) is 2.04. The fourth-order valence-corrected chi connectivity index (χ4v) is 0.754. The first-order valence-corrected chi connectivity index (χ1v) is 3.12. The van der Waals surface area contributed by atoms with E-state index in [0.717, 1.165) is 0 Å². The van der Waals surface area contributed by atoms with Gasteiger partial charge in [-0.3, -0.25) is 0 Å². The molecule has 1 aromatic heterocycles. The van der Waals surface area contributed by atoms with Crippen LogP contribution in [0.3, 0.4) is 0 Å². The summed E-state index contributed by atoms with van der Waals surface area (Å²) in [6, 6.07) is 2.59. The van der Waals surface area contributed by atoms with Crippen LogP contribution < -0.4 is 4.74 Å². The number of hydrogen-bond acceptors (Lipinski definition) is 4. The quantitative estimate of drug-likeness (QED) is 0.673. The monoisotopic (exact) mass is 169 g/mol. The van der Waals surface area contributed by atoms with Gasteiger partial charge in [0.2, 0.25) is 5.88 Å². The molecule has 0 aliphatic carbocycles. The molecule has 1 rings (SSSR count). The van der Waals surface area contributed by atoms with Gasteiger partial charge in [-0.25, -0.2) is 9.78 Å². The van der Waals surface area contributed by atoms with Crippen LogP contribution in [-0.4, -0.2) is 28.3 Å². The highest BCUT2D eigenvalue weighted by Gasteiger charge is 2.12. The minimum Gasteiger partial charge on any atom is -0.494 e. The molecular weight excluding hydrogens is 162 g/mol. The number of nitrogens with zero attached hydrogens (tertiary/aromatic N) is 1. The summed E-state index contributed by atoms with van der Waals surface area (Å²) in [5.74, 6) is -1.45. The van der Waals surface area contributed by atoms with Gasteiger partial charge in [0.05, 0.1) is 7.11 Å². The Bertz CT molecular complexity index is 310. The lowest BCUT2D eigenvalue weighted by Gasteiger charge is -2.02. The van der Waals surface area contributed by atoms with Crippen molar-refractivity contribution >= 4 is 5.97 Å². The predicted molar refractivity (Wildman–Crippen MR) is 39.4 cm³/mol. The molecule has 0 aliphatic rings. The third-order valence-corrected chi connectivity index (χ3v) is 1.27. The number of aromatic hydroxyl groups is 1. The van der Waals surface area contributed by atoms with Gasteiger partial charge in [-0.05, 0) is 6.07 Å². The molecule has 1 aromatic rings. The van der Waals surface area contributed by atoms with Gasteiger partial charge in [-0.15, -0.1) is 0 Å². The van der Waals surface area contributed by atoms with Gasteiger partial charge in [-0.1, -0.05) is 0 Å². The molecule has 0 saturated heterocycles. The zero-order valence-electron chi connectivity index (χ0n) is 6.31. The summed E-state index contributed by atoms with van der Waals surface area (Å²) < 4.78 is 4.71. The van der Waals surface area contributed by atoms with Gasteiger partial charge in [0, 0.05) is 6.07 Å². The standard InChI is InChI=1S/C7H7NO4/c1-12-4-2-3-5(9)8-6(4)7(10)11/h2-3H,1H3,(H,8,9)(H,10,11). The SMILES string of the molecule is COc1ccc(O)nc1C(=O)O. The summed E-state index contributed by atoms with van der Waals surface area (Å²) in [7, 11) is 1.33. The first kappa shape index (κ1) is 8.32. The van der Waals surface area contributed by atoms with Gasteiger partial charge < -0.3 is 14.9 Å². The predicted octanol–water partition coefficient (Wildman–Crippen LogP) is 0.494. The largest absolute Gasteiger partial charge is 0.494 e. The Hall–Kier alpha value is -1.78. The second-order valence-corrected chi connectivity index (χ2v) is 2.03. The topological polar surface area (TPSA) is 79.7 Å². The van der Waals surface area contributed by atoms with Gasteiger partial charge >= 0.3 is 5.97 Å². The number of carbonyl (C=O) groups is 1. The average molecular weight is 169 g/mol. The molecule has 0 amide bonds. The lowest BCUT2D eigenvalue weighted by atomic mass is 10.3. The summed E-state index contributed by atoms with van der Waals surface area (Å²) in [6.07, 6.45) is 0. The van der Waals surface area contributed by atoms with Gasteiger partial charge in [0.1, 0.15) is 0 Å². The molecule has 0 spiro atoms. The molecule has 5 nitrogen and oxygen atoms in total. The molecule has 0 unspecified atom stereocenters. The van der Waals surface area contributed by atoms with Crippen LogP contribution in [-0.2, 0) is 0 Å². The molecule has 2 N–H and O–H groups in total. The van der Waals surface area contributed by atoms with E-state index < -0.39 is 5.97 Å². The highest BCUT2D eigenvalue weighted by atomic mass is 16.5. The lowest BCUT2D eigenvalue weighted by Crippen LogP contribution is -2.03. The molecule has 0 bridgehead atoms. The minimum atomic E-state index is -1.23. The second-order valence-electron chi connectivity index (χ2n) is 2.03. The van der Waals surface area contributed by atoms with E-state index in [0.29, 0.717) is 0 Å². The second kappa shape index (κ2) is 3.08. The fraction of sp³-hybridized carbons (Fsp3) is 0.143. The zero-order chi connectivity index (χ0) is 9.14. The highest BCUT2D eigenvalue weighted by molar-refractivity contribution is 5.88. The van der Waals surface area contributed by atoms with Crippen LogP contribution in [0.25, 0.3) is 0 Å². The van der Waals surface area contributed by atoms with E-state index in [1.807, 2.05) is 0 Å². The molecule has 5 heteroatoms. The van der Waals surface area contributed by atoms with Crippen molar-refractivity contribution in [2.24, 2.45) is 0 Å². The van der Waals surface area contributed by atoms with E-state index in [-0.39, 0.29) is 17.3 Å². The summed E-state index contributed by atoms with van der Waals surface area (Å²) in [5.41, 5.74) is -0.294. The Kier molecular flexibility index (Phi) is 2.14. The van der Waals surface area contributed by atoms with Crippen molar-refractivity contribution in [1.29, 1.82) is 0 Å². The summed E-state index contributed by atoms with van der Waals surface area (Å²) >= 11 is 0. The number of aromatic carboxylic acids is 1. The Morgan fingerprint density at radius 1 is 1.58 bits per heavy atom. The summed E-state index contributed by atoms with van der Waals surface area (Å²) in [4.78, 5) is 13.9. The van der Waals surface area contributed by atoms with Crippen LogP contribution in [0.5, 0.6) is 11.6 Å². The molecule has 0 aromatic carbocycles. The van der Waals surface area contributed by atoms with Gasteiger partial charge in [0.15, 0.2) is 11.4 Å². The third kappa shape index (κ3) is 1.45. The fourth-order valence-electron chi connectivity index (χ4n) is 0.754. The summed E-state index contributed by atoms with van der Waals surface area (Å²) in [6.45, 7) is 0. The minimum absolute atomic E-state index is 0.125. The van der Waals surface area contributed by atoms with Gasteiger partial charge in [0.25, 0.3) is 0 Å². The number of ether oxygens (including phenoxy) is 1. The van der Waals surface area contributed by atoms with E-state index in [9.17, 15) is 4.79 Å². The van der Waals surface area contributed by atoms with E-state index in [2.05, 4.69) is 4.98 Å². The van der Waals surface area contributed by atoms with Crippen LogP contribution in [0.4, 0.5) is 0 Å². The smallest absolute Gasteiger partial charge is 0.358 e. The van der Waals surface area contributed by atoms with Crippen molar-refractivity contribution in [3.05, 3.63) is 17.8 Å². The maximum Gasteiger partial charge on any atom is 0.358 e. The van der Waals surface area contributed by atoms with Crippen LogP contribution >= 0.6 is 0 Å². The number of carboxylic acid groups (broad SMARTS) is 1. The van der Waals surface area contributed by atoms with Crippen LogP contribution in [0.15, 0.2) is 12.1 Å². The Morgan fingerprint density at radius 3 is 2.75 bits per heavy atom. The van der Waals surface area contributed by atoms with Crippen molar-refractivity contribution in [1.82, 2.24) is 4.98 Å². The highest BCUT2D eigenvalue weighted by Crippen LogP contribution is 2.18. The van der Waals surface area contributed by atoms with E-state index in [4.69, 9.17) is 14.9 Å². The Balaban J connectivity index is 3.21. The van der Waals surface area contributed by atoms with Crippen molar-refractivity contribution in [3.8, 4) is 11.6 Å². The van der Waals surface area contributed by atoms with Crippen LogP contribution in [0.1, 0.15) is 10.5 Å². The van der Waals surface area contributed by atoms with Crippen molar-refractivity contribution in [2.45, 2.75) is 0 Å². The maximum atomic E-state index is 10.5.